The summed E-state index contributed by atoms with van der Waals surface area (Å²) in [4.78, 5) is 4.05. The highest BCUT2D eigenvalue weighted by Crippen LogP contribution is 2.34. The number of rotatable bonds is 4. The van der Waals surface area contributed by atoms with Gasteiger partial charge in [-0.25, -0.2) is 0 Å². The van der Waals surface area contributed by atoms with Crippen LogP contribution in [0.5, 0.6) is 5.88 Å². The van der Waals surface area contributed by atoms with E-state index in [0.717, 1.165) is 12.0 Å². The second-order valence-corrected chi connectivity index (χ2v) is 4.37. The summed E-state index contributed by atoms with van der Waals surface area (Å²) in [6, 6.07) is 13.3. The summed E-state index contributed by atoms with van der Waals surface area (Å²) in [6.07, 6.45) is 0.785. The van der Waals surface area contributed by atoms with E-state index in [1.807, 2.05) is 43.3 Å². The van der Waals surface area contributed by atoms with E-state index < -0.39 is 0 Å². The lowest BCUT2D eigenvalue weighted by molar-refractivity contribution is 0.305. The van der Waals surface area contributed by atoms with E-state index in [0.29, 0.717) is 12.2 Å². The van der Waals surface area contributed by atoms with Gasteiger partial charge in [-0.1, -0.05) is 37.3 Å². The van der Waals surface area contributed by atoms with Gasteiger partial charge in [-0.05, 0) is 12.0 Å². The molecule has 1 heterocycles. The maximum atomic E-state index is 9.45. The molecule has 21 heavy (non-hydrogen) atoms. The Morgan fingerprint density at radius 2 is 1.81 bits per heavy atom. The number of hydrogen-bond acceptors (Lipinski definition) is 5. The van der Waals surface area contributed by atoms with Crippen molar-refractivity contribution in [1.82, 2.24) is 4.98 Å². The average molecular weight is 278 g/mol. The first kappa shape index (κ1) is 14.4. The molecule has 0 atom stereocenters. The van der Waals surface area contributed by atoms with Crippen LogP contribution in [0.15, 0.2) is 30.3 Å². The molecule has 0 radical (unpaired) electrons. The fourth-order valence-corrected chi connectivity index (χ4v) is 1.99. The molecule has 0 saturated heterocycles. The van der Waals surface area contributed by atoms with Crippen molar-refractivity contribution in [2.75, 3.05) is 12.3 Å². The fourth-order valence-electron chi connectivity index (χ4n) is 1.99. The van der Waals surface area contributed by atoms with Crippen LogP contribution in [0.25, 0.3) is 11.1 Å². The SMILES string of the molecule is CCCOc1nc(N)c(C#N)c(-c2ccccc2)c1C#N. The van der Waals surface area contributed by atoms with Crippen LogP contribution < -0.4 is 10.5 Å². The highest BCUT2D eigenvalue weighted by Gasteiger charge is 2.20. The molecule has 104 valence electrons. The normalized spacial score (nSPS) is 9.67. The molecule has 0 bridgehead atoms. The number of anilines is 1. The van der Waals surface area contributed by atoms with Crippen LogP contribution in [-0.2, 0) is 0 Å². The molecule has 0 fully saturated rings. The average Bonchev–Trinajstić information content (AvgIpc) is 2.52. The number of nitrogen functional groups attached to an aromatic ring is 1. The van der Waals surface area contributed by atoms with E-state index in [1.54, 1.807) is 0 Å². The minimum absolute atomic E-state index is 0.0708. The summed E-state index contributed by atoms with van der Waals surface area (Å²) in [5, 5.41) is 18.8. The Morgan fingerprint density at radius 3 is 2.38 bits per heavy atom. The van der Waals surface area contributed by atoms with Gasteiger partial charge in [0.25, 0.3) is 0 Å². The molecular weight excluding hydrogens is 264 g/mol. The van der Waals surface area contributed by atoms with Crippen molar-refractivity contribution in [3.8, 4) is 29.1 Å². The second-order valence-electron chi connectivity index (χ2n) is 4.37. The van der Waals surface area contributed by atoms with Crippen molar-refractivity contribution in [3.63, 3.8) is 0 Å². The molecule has 0 saturated carbocycles. The molecule has 2 rings (SSSR count). The van der Waals surface area contributed by atoms with Gasteiger partial charge in [-0.15, -0.1) is 0 Å². The van der Waals surface area contributed by atoms with Gasteiger partial charge in [0.2, 0.25) is 5.88 Å². The van der Waals surface area contributed by atoms with E-state index in [1.165, 1.54) is 0 Å². The van der Waals surface area contributed by atoms with Crippen LogP contribution in [0.4, 0.5) is 5.82 Å². The van der Waals surface area contributed by atoms with E-state index in [2.05, 4.69) is 11.1 Å². The van der Waals surface area contributed by atoms with Gasteiger partial charge in [0.15, 0.2) is 0 Å². The van der Waals surface area contributed by atoms with Crippen LogP contribution in [-0.4, -0.2) is 11.6 Å². The molecule has 2 aromatic rings. The highest BCUT2D eigenvalue weighted by molar-refractivity contribution is 5.82. The zero-order chi connectivity index (χ0) is 15.2. The maximum absolute atomic E-state index is 9.45. The van der Waals surface area contributed by atoms with E-state index in [4.69, 9.17) is 10.5 Å². The Balaban J connectivity index is 2.74. The molecule has 0 aliphatic heterocycles. The standard InChI is InChI=1S/C16H14N4O/c1-2-8-21-16-13(10-18)14(11-6-4-3-5-7-11)12(9-17)15(19)20-16/h3-7H,2,8H2,1H3,(H2,19,20). The monoisotopic (exact) mass is 278 g/mol. The minimum Gasteiger partial charge on any atom is -0.477 e. The van der Waals surface area contributed by atoms with Gasteiger partial charge in [-0.3, -0.25) is 0 Å². The van der Waals surface area contributed by atoms with Crippen molar-refractivity contribution < 1.29 is 4.74 Å². The molecular formula is C16H14N4O. The third-order valence-electron chi connectivity index (χ3n) is 2.92. The van der Waals surface area contributed by atoms with E-state index in [-0.39, 0.29) is 22.8 Å². The van der Waals surface area contributed by atoms with Crippen molar-refractivity contribution in [3.05, 3.63) is 41.5 Å². The summed E-state index contributed by atoms with van der Waals surface area (Å²) < 4.78 is 5.50. The van der Waals surface area contributed by atoms with Gasteiger partial charge in [0.1, 0.15) is 29.1 Å². The number of nitrogens with two attached hydrogens (primary N) is 1. The lowest BCUT2D eigenvalue weighted by Crippen LogP contribution is -2.06. The third kappa shape index (κ3) is 2.77. The zero-order valence-corrected chi connectivity index (χ0v) is 11.6. The first-order valence-corrected chi connectivity index (χ1v) is 6.54. The number of nitrogens with zero attached hydrogens (tertiary/aromatic N) is 3. The molecule has 1 aromatic heterocycles. The number of nitriles is 2. The molecule has 2 N–H and O–H groups in total. The topological polar surface area (TPSA) is 95.7 Å². The molecule has 5 nitrogen and oxygen atoms in total. The van der Waals surface area contributed by atoms with Gasteiger partial charge in [0.05, 0.1) is 6.61 Å². The van der Waals surface area contributed by atoms with Crippen molar-refractivity contribution >= 4 is 5.82 Å². The van der Waals surface area contributed by atoms with Gasteiger partial charge in [0, 0.05) is 5.56 Å². The van der Waals surface area contributed by atoms with Crippen molar-refractivity contribution in [2.45, 2.75) is 13.3 Å². The van der Waals surface area contributed by atoms with Gasteiger partial charge in [-0.2, -0.15) is 15.5 Å². The molecule has 0 spiro atoms. The van der Waals surface area contributed by atoms with Crippen molar-refractivity contribution in [1.29, 1.82) is 10.5 Å². The largest absolute Gasteiger partial charge is 0.477 e. The van der Waals surface area contributed by atoms with Crippen LogP contribution in [0.3, 0.4) is 0 Å². The van der Waals surface area contributed by atoms with Crippen molar-refractivity contribution in [2.24, 2.45) is 0 Å². The van der Waals surface area contributed by atoms with Crippen LogP contribution >= 0.6 is 0 Å². The first-order valence-electron chi connectivity index (χ1n) is 6.54. The first-order chi connectivity index (χ1) is 10.2. The Bertz CT molecular complexity index is 727. The number of pyridine rings is 1. The summed E-state index contributed by atoms with van der Waals surface area (Å²) in [6.45, 7) is 2.39. The van der Waals surface area contributed by atoms with E-state index in [9.17, 15) is 10.5 Å². The smallest absolute Gasteiger partial charge is 0.234 e. The predicted octanol–water partition coefficient (Wildman–Crippen LogP) is 2.86. The van der Waals surface area contributed by atoms with Crippen LogP contribution in [0, 0.1) is 22.7 Å². The summed E-state index contributed by atoms with van der Waals surface area (Å²) >= 11 is 0. The lowest BCUT2D eigenvalue weighted by Gasteiger charge is -2.13. The summed E-state index contributed by atoms with van der Waals surface area (Å²) in [7, 11) is 0. The summed E-state index contributed by atoms with van der Waals surface area (Å²) in [5.74, 6) is 0.246. The molecule has 0 aliphatic rings. The Morgan fingerprint density at radius 1 is 1.14 bits per heavy atom. The number of benzene rings is 1. The maximum Gasteiger partial charge on any atom is 0.234 e. The van der Waals surface area contributed by atoms with Gasteiger partial charge >= 0.3 is 0 Å². The van der Waals surface area contributed by atoms with Gasteiger partial charge < -0.3 is 10.5 Å². The van der Waals surface area contributed by atoms with E-state index >= 15 is 0 Å². The molecule has 0 amide bonds. The fraction of sp³-hybridized carbons (Fsp3) is 0.188. The Kier molecular flexibility index (Phi) is 4.38. The minimum atomic E-state index is 0.0708. The number of aromatic nitrogens is 1. The Labute approximate surface area is 123 Å². The lowest BCUT2D eigenvalue weighted by atomic mass is 9.96. The molecule has 0 unspecified atom stereocenters. The highest BCUT2D eigenvalue weighted by atomic mass is 16.5. The molecule has 1 aromatic carbocycles. The predicted molar refractivity (Wildman–Crippen MR) is 79.3 cm³/mol. The van der Waals surface area contributed by atoms with Crippen LogP contribution in [0.1, 0.15) is 24.5 Å². The third-order valence-corrected chi connectivity index (χ3v) is 2.92. The molecule has 0 aliphatic carbocycles. The number of ether oxygens (including phenoxy) is 1. The second kappa shape index (κ2) is 6.40. The summed E-state index contributed by atoms with van der Waals surface area (Å²) in [5.41, 5.74) is 7.48. The number of hydrogen-bond donors (Lipinski definition) is 1. The zero-order valence-electron chi connectivity index (χ0n) is 11.6. The quantitative estimate of drug-likeness (QED) is 0.927. The Hall–Kier alpha value is -3.05. The molecule has 5 heteroatoms. The van der Waals surface area contributed by atoms with Crippen LogP contribution in [0.2, 0.25) is 0 Å².